The van der Waals surface area contributed by atoms with Crippen molar-refractivity contribution in [2.24, 2.45) is 11.1 Å². The lowest BCUT2D eigenvalue weighted by molar-refractivity contribution is 0.112. The Morgan fingerprint density at radius 2 is 1.49 bits per heavy atom. The number of imidazole rings is 1. The molecule has 1 aromatic heterocycles. The van der Waals surface area contributed by atoms with Gasteiger partial charge in [0.2, 0.25) is 0 Å². The summed E-state index contributed by atoms with van der Waals surface area (Å²) in [6, 6.07) is 30.3. The van der Waals surface area contributed by atoms with E-state index in [4.69, 9.17) is 10.7 Å². The first-order valence-electron chi connectivity index (χ1n) is 12.9. The van der Waals surface area contributed by atoms with E-state index < -0.39 is 0 Å². The van der Waals surface area contributed by atoms with Gasteiger partial charge in [0, 0.05) is 23.9 Å². The van der Waals surface area contributed by atoms with Crippen LogP contribution in [0.2, 0.25) is 0 Å². The van der Waals surface area contributed by atoms with Gasteiger partial charge in [-0.1, -0.05) is 112 Å². The topological polar surface area (TPSA) is 64.2 Å². The van der Waals surface area contributed by atoms with E-state index in [0.717, 1.165) is 48.4 Å². The average molecular weight is 497 g/mol. The molecule has 1 atom stereocenters. The predicted molar refractivity (Wildman–Crippen MR) is 154 cm³/mol. The Kier molecular flexibility index (Phi) is 10.4. The van der Waals surface area contributed by atoms with Crippen LogP contribution in [-0.4, -0.2) is 40.9 Å². The standard InChI is InChI=1S/C25H34N4.C7H6O/c1-25(2,3)23(28(4)17-11-16-26)24-27-22(21-14-9-6-10-15-21)19-29(24)18-20-12-7-5-8-13-20;8-6-7-4-2-1-3-5-7/h5-10,12-15,19,23H,11,16-18,26H2,1-4H3;1-6H. The van der Waals surface area contributed by atoms with Crippen LogP contribution in [0.1, 0.15) is 55.0 Å². The number of hydrogen-bond donors (Lipinski definition) is 1. The number of nitrogens with two attached hydrogens (primary N) is 1. The SMILES string of the molecule is CN(CCCN)C(c1nc(-c2ccccc2)cn1Cc1ccccc1)C(C)(C)C.O=Cc1ccccc1. The molecular weight excluding hydrogens is 456 g/mol. The molecule has 0 saturated heterocycles. The lowest BCUT2D eigenvalue weighted by atomic mass is 9.85. The molecule has 0 aliphatic heterocycles. The van der Waals surface area contributed by atoms with Crippen molar-refractivity contribution in [2.45, 2.75) is 39.8 Å². The first-order chi connectivity index (χ1) is 17.8. The third kappa shape index (κ3) is 8.24. The van der Waals surface area contributed by atoms with E-state index in [0.29, 0.717) is 6.54 Å². The molecule has 194 valence electrons. The van der Waals surface area contributed by atoms with Gasteiger partial charge in [-0.05, 0) is 37.5 Å². The molecule has 5 heteroatoms. The highest BCUT2D eigenvalue weighted by Crippen LogP contribution is 2.38. The summed E-state index contributed by atoms with van der Waals surface area (Å²) in [5.74, 6) is 1.11. The Bertz CT molecular complexity index is 1200. The van der Waals surface area contributed by atoms with E-state index in [9.17, 15) is 4.79 Å². The molecule has 3 aromatic carbocycles. The van der Waals surface area contributed by atoms with Crippen LogP contribution in [0.5, 0.6) is 0 Å². The second-order valence-corrected chi connectivity index (χ2v) is 10.4. The van der Waals surface area contributed by atoms with Gasteiger partial charge in [0.05, 0.1) is 11.7 Å². The molecular formula is C32H40N4O. The maximum atomic E-state index is 10.0. The summed E-state index contributed by atoms with van der Waals surface area (Å²) in [5.41, 5.74) is 10.0. The van der Waals surface area contributed by atoms with Crippen molar-refractivity contribution in [3.8, 4) is 11.3 Å². The lowest BCUT2D eigenvalue weighted by Gasteiger charge is -2.38. The zero-order valence-corrected chi connectivity index (χ0v) is 22.5. The summed E-state index contributed by atoms with van der Waals surface area (Å²) >= 11 is 0. The van der Waals surface area contributed by atoms with Gasteiger partial charge in [0.1, 0.15) is 12.1 Å². The fourth-order valence-corrected chi connectivity index (χ4v) is 4.55. The number of hydrogen-bond acceptors (Lipinski definition) is 4. The maximum Gasteiger partial charge on any atom is 0.150 e. The maximum absolute atomic E-state index is 10.0. The smallest absolute Gasteiger partial charge is 0.150 e. The Morgan fingerprint density at radius 1 is 0.919 bits per heavy atom. The molecule has 0 fully saturated rings. The molecule has 0 aliphatic carbocycles. The van der Waals surface area contributed by atoms with E-state index in [1.807, 2.05) is 24.3 Å². The van der Waals surface area contributed by atoms with E-state index in [1.54, 1.807) is 12.1 Å². The number of aldehydes is 1. The molecule has 0 saturated carbocycles. The van der Waals surface area contributed by atoms with Crippen LogP contribution < -0.4 is 5.73 Å². The monoisotopic (exact) mass is 496 g/mol. The highest BCUT2D eigenvalue weighted by atomic mass is 16.1. The van der Waals surface area contributed by atoms with E-state index in [2.05, 4.69) is 98.1 Å². The van der Waals surface area contributed by atoms with Crippen LogP contribution >= 0.6 is 0 Å². The van der Waals surface area contributed by atoms with Gasteiger partial charge in [0.25, 0.3) is 0 Å². The summed E-state index contributed by atoms with van der Waals surface area (Å²) < 4.78 is 2.33. The summed E-state index contributed by atoms with van der Waals surface area (Å²) in [5, 5.41) is 0. The third-order valence-corrected chi connectivity index (χ3v) is 6.23. The van der Waals surface area contributed by atoms with Gasteiger partial charge in [-0.2, -0.15) is 0 Å². The predicted octanol–water partition coefficient (Wildman–Crippen LogP) is 6.47. The van der Waals surface area contributed by atoms with Gasteiger partial charge in [-0.15, -0.1) is 0 Å². The number of carbonyl (C=O) groups is 1. The third-order valence-electron chi connectivity index (χ3n) is 6.23. The molecule has 0 aliphatic rings. The van der Waals surface area contributed by atoms with E-state index in [1.165, 1.54) is 5.56 Å². The minimum Gasteiger partial charge on any atom is -0.330 e. The number of rotatable bonds is 9. The number of carbonyl (C=O) groups excluding carboxylic acids is 1. The highest BCUT2D eigenvalue weighted by molar-refractivity contribution is 5.74. The molecule has 1 unspecified atom stereocenters. The van der Waals surface area contributed by atoms with Gasteiger partial charge in [0.15, 0.2) is 0 Å². The van der Waals surface area contributed by atoms with Gasteiger partial charge in [-0.25, -0.2) is 4.98 Å². The van der Waals surface area contributed by atoms with E-state index >= 15 is 0 Å². The van der Waals surface area contributed by atoms with Crippen molar-refractivity contribution < 1.29 is 4.79 Å². The normalized spacial score (nSPS) is 12.1. The van der Waals surface area contributed by atoms with Gasteiger partial charge < -0.3 is 10.3 Å². The largest absolute Gasteiger partial charge is 0.330 e. The molecule has 5 nitrogen and oxygen atoms in total. The van der Waals surface area contributed by atoms with E-state index in [-0.39, 0.29) is 11.5 Å². The second-order valence-electron chi connectivity index (χ2n) is 10.4. The zero-order chi connectivity index (χ0) is 26.7. The summed E-state index contributed by atoms with van der Waals surface area (Å²) in [6.45, 7) is 9.35. The minimum absolute atomic E-state index is 0.0388. The Hall–Kier alpha value is -3.54. The molecule has 0 amide bonds. The highest BCUT2D eigenvalue weighted by Gasteiger charge is 2.33. The minimum atomic E-state index is 0.0388. The Balaban J connectivity index is 0.000000405. The molecule has 0 radical (unpaired) electrons. The lowest BCUT2D eigenvalue weighted by Crippen LogP contribution is -2.37. The first-order valence-corrected chi connectivity index (χ1v) is 12.9. The number of benzene rings is 3. The Labute approximate surface area is 222 Å². The van der Waals surface area contributed by atoms with Crippen LogP contribution in [-0.2, 0) is 6.54 Å². The van der Waals surface area contributed by atoms with Crippen LogP contribution in [0.25, 0.3) is 11.3 Å². The van der Waals surface area contributed by atoms with Crippen LogP contribution in [0.4, 0.5) is 0 Å². The molecule has 0 spiro atoms. The van der Waals surface area contributed by atoms with Crippen molar-refractivity contribution in [1.29, 1.82) is 0 Å². The van der Waals surface area contributed by atoms with Crippen molar-refractivity contribution in [3.05, 3.63) is 114 Å². The molecule has 37 heavy (non-hydrogen) atoms. The average Bonchev–Trinajstić information content (AvgIpc) is 3.31. The summed E-state index contributed by atoms with van der Waals surface area (Å²) in [6.07, 6.45) is 4.02. The van der Waals surface area contributed by atoms with Gasteiger partial charge in [-0.3, -0.25) is 9.69 Å². The fraction of sp³-hybridized carbons (Fsp3) is 0.312. The van der Waals surface area contributed by atoms with Crippen LogP contribution in [0, 0.1) is 5.41 Å². The number of aromatic nitrogens is 2. The molecule has 0 bridgehead atoms. The Morgan fingerprint density at radius 3 is 2.00 bits per heavy atom. The van der Waals surface area contributed by atoms with Crippen molar-refractivity contribution in [1.82, 2.24) is 14.5 Å². The second kappa shape index (κ2) is 13.7. The van der Waals surface area contributed by atoms with Crippen LogP contribution in [0.3, 0.4) is 0 Å². The van der Waals surface area contributed by atoms with Crippen LogP contribution in [0.15, 0.2) is 97.2 Å². The molecule has 1 heterocycles. The molecule has 4 aromatic rings. The molecule has 4 rings (SSSR count). The zero-order valence-electron chi connectivity index (χ0n) is 22.5. The van der Waals surface area contributed by atoms with Crippen molar-refractivity contribution >= 4 is 6.29 Å². The first kappa shape index (κ1) is 28.0. The quantitative estimate of drug-likeness (QED) is 0.270. The van der Waals surface area contributed by atoms with Crippen molar-refractivity contribution in [3.63, 3.8) is 0 Å². The fourth-order valence-electron chi connectivity index (χ4n) is 4.55. The van der Waals surface area contributed by atoms with Gasteiger partial charge >= 0.3 is 0 Å². The summed E-state index contributed by atoms with van der Waals surface area (Å²) in [4.78, 5) is 17.6. The number of nitrogens with zero attached hydrogens (tertiary/aromatic N) is 3. The molecule has 2 N–H and O–H groups in total. The summed E-state index contributed by atoms with van der Waals surface area (Å²) in [7, 11) is 2.19. The van der Waals surface area contributed by atoms with Crippen molar-refractivity contribution in [2.75, 3.05) is 20.1 Å².